The van der Waals surface area contributed by atoms with Crippen molar-refractivity contribution in [3.63, 3.8) is 0 Å². The number of benzene rings is 3. The van der Waals surface area contributed by atoms with Crippen molar-refractivity contribution in [2.24, 2.45) is 0 Å². The zero-order chi connectivity index (χ0) is 17.2. The van der Waals surface area contributed by atoms with Gasteiger partial charge in [-0.1, -0.05) is 30.3 Å². The molecule has 4 heteroatoms. The van der Waals surface area contributed by atoms with Gasteiger partial charge >= 0.3 is 0 Å². The van der Waals surface area contributed by atoms with Crippen LogP contribution in [0.5, 0.6) is 5.75 Å². The van der Waals surface area contributed by atoms with Gasteiger partial charge in [0.2, 0.25) is 5.91 Å². The molecule has 4 nitrogen and oxygen atoms in total. The SMILES string of the molecule is COc1ccc2occ(CC(=O)Nc3ccc4ccccc4c3)c2c1. The molecule has 0 bridgehead atoms. The van der Waals surface area contributed by atoms with Crippen LogP contribution in [0.25, 0.3) is 21.7 Å². The van der Waals surface area contributed by atoms with E-state index < -0.39 is 0 Å². The summed E-state index contributed by atoms with van der Waals surface area (Å²) in [6.07, 6.45) is 1.87. The standard InChI is InChI=1S/C21H17NO3/c1-24-18-8-9-20-19(12-18)16(13-25-20)11-21(23)22-17-7-6-14-4-2-3-5-15(14)10-17/h2-10,12-13H,11H2,1H3,(H,22,23). The summed E-state index contributed by atoms with van der Waals surface area (Å²) >= 11 is 0. The second kappa shape index (κ2) is 6.32. The quantitative estimate of drug-likeness (QED) is 0.586. The molecule has 0 unspecified atom stereocenters. The molecule has 4 rings (SSSR count). The topological polar surface area (TPSA) is 51.5 Å². The number of amides is 1. The van der Waals surface area contributed by atoms with E-state index in [1.807, 2.05) is 60.7 Å². The summed E-state index contributed by atoms with van der Waals surface area (Å²) in [5.74, 6) is 0.658. The minimum atomic E-state index is -0.0826. The molecule has 0 aliphatic carbocycles. The summed E-state index contributed by atoms with van der Waals surface area (Å²) in [5.41, 5.74) is 2.37. The number of nitrogens with one attached hydrogen (secondary N) is 1. The number of fused-ring (bicyclic) bond motifs is 2. The molecule has 0 atom stereocenters. The molecular weight excluding hydrogens is 314 g/mol. The summed E-state index contributed by atoms with van der Waals surface area (Å²) in [5, 5.41) is 6.09. The van der Waals surface area contributed by atoms with E-state index in [0.717, 1.165) is 38.7 Å². The molecule has 0 spiro atoms. The Morgan fingerprint density at radius 3 is 2.72 bits per heavy atom. The van der Waals surface area contributed by atoms with Gasteiger partial charge in [-0.15, -0.1) is 0 Å². The smallest absolute Gasteiger partial charge is 0.228 e. The van der Waals surface area contributed by atoms with Crippen LogP contribution in [-0.2, 0) is 11.2 Å². The molecule has 25 heavy (non-hydrogen) atoms. The third-order valence-electron chi connectivity index (χ3n) is 4.25. The lowest BCUT2D eigenvalue weighted by Crippen LogP contribution is -2.14. The molecule has 0 saturated carbocycles. The molecule has 1 aromatic heterocycles. The van der Waals surface area contributed by atoms with Gasteiger partial charge in [0, 0.05) is 16.6 Å². The average molecular weight is 331 g/mol. The number of rotatable bonds is 4. The van der Waals surface area contributed by atoms with Gasteiger partial charge in [-0.05, 0) is 41.1 Å². The van der Waals surface area contributed by atoms with Crippen molar-refractivity contribution in [2.75, 3.05) is 12.4 Å². The lowest BCUT2D eigenvalue weighted by molar-refractivity contribution is -0.115. The first-order valence-electron chi connectivity index (χ1n) is 8.06. The van der Waals surface area contributed by atoms with E-state index in [-0.39, 0.29) is 12.3 Å². The van der Waals surface area contributed by atoms with Gasteiger partial charge in [0.1, 0.15) is 11.3 Å². The Hall–Kier alpha value is -3.27. The minimum Gasteiger partial charge on any atom is -0.497 e. The Kier molecular flexibility index (Phi) is 3.86. The van der Waals surface area contributed by atoms with Crippen LogP contribution in [0.4, 0.5) is 5.69 Å². The van der Waals surface area contributed by atoms with Gasteiger partial charge in [0.25, 0.3) is 0 Å². The predicted octanol–water partition coefficient (Wildman–Crippen LogP) is 4.78. The highest BCUT2D eigenvalue weighted by Crippen LogP contribution is 2.26. The number of furan rings is 1. The van der Waals surface area contributed by atoms with Crippen LogP contribution in [0.15, 0.2) is 71.3 Å². The first-order chi connectivity index (χ1) is 12.2. The van der Waals surface area contributed by atoms with Gasteiger partial charge < -0.3 is 14.5 Å². The molecule has 0 fully saturated rings. The van der Waals surface area contributed by atoms with E-state index in [1.165, 1.54) is 0 Å². The van der Waals surface area contributed by atoms with Gasteiger partial charge in [0.15, 0.2) is 0 Å². The van der Waals surface area contributed by atoms with Gasteiger partial charge in [-0.3, -0.25) is 4.79 Å². The van der Waals surface area contributed by atoms with Gasteiger partial charge in [-0.2, -0.15) is 0 Å². The predicted molar refractivity (Wildman–Crippen MR) is 99.0 cm³/mol. The summed E-state index contributed by atoms with van der Waals surface area (Å²) in [6.45, 7) is 0. The molecule has 1 heterocycles. The molecule has 0 aliphatic heterocycles. The summed E-state index contributed by atoms with van der Waals surface area (Å²) in [4.78, 5) is 12.4. The number of hydrogen-bond donors (Lipinski definition) is 1. The zero-order valence-electron chi connectivity index (χ0n) is 13.8. The van der Waals surface area contributed by atoms with Crippen molar-refractivity contribution in [2.45, 2.75) is 6.42 Å². The maximum absolute atomic E-state index is 12.4. The molecule has 4 aromatic rings. The van der Waals surface area contributed by atoms with Gasteiger partial charge in [-0.25, -0.2) is 0 Å². The van der Waals surface area contributed by atoms with Crippen LogP contribution >= 0.6 is 0 Å². The van der Waals surface area contributed by atoms with Crippen LogP contribution in [0.3, 0.4) is 0 Å². The number of methoxy groups -OCH3 is 1. The largest absolute Gasteiger partial charge is 0.497 e. The second-order valence-electron chi connectivity index (χ2n) is 5.91. The van der Waals surface area contributed by atoms with Crippen LogP contribution in [-0.4, -0.2) is 13.0 Å². The highest BCUT2D eigenvalue weighted by Gasteiger charge is 2.12. The third kappa shape index (κ3) is 3.06. The van der Waals surface area contributed by atoms with Gasteiger partial charge in [0.05, 0.1) is 19.8 Å². The molecular formula is C21H17NO3. The second-order valence-corrected chi connectivity index (χ2v) is 5.91. The number of hydrogen-bond acceptors (Lipinski definition) is 3. The normalized spacial score (nSPS) is 10.9. The molecule has 124 valence electrons. The number of ether oxygens (including phenoxy) is 1. The molecule has 3 aromatic carbocycles. The maximum atomic E-state index is 12.4. The monoisotopic (exact) mass is 331 g/mol. The third-order valence-corrected chi connectivity index (χ3v) is 4.25. The van der Waals surface area contributed by atoms with Crippen LogP contribution < -0.4 is 10.1 Å². The summed E-state index contributed by atoms with van der Waals surface area (Å²) in [6, 6.07) is 19.5. The maximum Gasteiger partial charge on any atom is 0.228 e. The fourth-order valence-electron chi connectivity index (χ4n) is 2.97. The highest BCUT2D eigenvalue weighted by molar-refractivity contribution is 5.97. The number of carbonyl (C=O) groups is 1. The first kappa shape index (κ1) is 15.3. The van der Waals surface area contributed by atoms with E-state index in [0.29, 0.717) is 0 Å². The van der Waals surface area contributed by atoms with Crippen molar-refractivity contribution in [1.82, 2.24) is 0 Å². The Balaban J connectivity index is 1.55. The lowest BCUT2D eigenvalue weighted by Gasteiger charge is -2.06. The van der Waals surface area contributed by atoms with Crippen LogP contribution in [0, 0.1) is 0 Å². The van der Waals surface area contributed by atoms with Crippen LogP contribution in [0.2, 0.25) is 0 Å². The van der Waals surface area contributed by atoms with Crippen molar-refractivity contribution >= 4 is 33.3 Å². The molecule has 1 N–H and O–H groups in total. The Morgan fingerprint density at radius 1 is 1.04 bits per heavy atom. The summed E-state index contributed by atoms with van der Waals surface area (Å²) in [7, 11) is 1.62. The van der Waals surface area contributed by atoms with Crippen molar-refractivity contribution < 1.29 is 13.9 Å². The lowest BCUT2D eigenvalue weighted by atomic mass is 10.1. The van der Waals surface area contributed by atoms with E-state index in [4.69, 9.17) is 9.15 Å². The van der Waals surface area contributed by atoms with Crippen molar-refractivity contribution in [3.8, 4) is 5.75 Å². The Labute approximate surface area is 145 Å². The van der Waals surface area contributed by atoms with Crippen LogP contribution in [0.1, 0.15) is 5.56 Å². The van der Waals surface area contributed by atoms with Crippen molar-refractivity contribution in [3.05, 3.63) is 72.5 Å². The highest BCUT2D eigenvalue weighted by atomic mass is 16.5. The molecule has 0 saturated heterocycles. The number of carbonyl (C=O) groups excluding carboxylic acids is 1. The van der Waals surface area contributed by atoms with E-state index in [1.54, 1.807) is 13.4 Å². The van der Waals surface area contributed by atoms with E-state index in [9.17, 15) is 4.79 Å². The molecule has 0 radical (unpaired) electrons. The summed E-state index contributed by atoms with van der Waals surface area (Å²) < 4.78 is 10.8. The number of anilines is 1. The van der Waals surface area contributed by atoms with E-state index >= 15 is 0 Å². The molecule has 1 amide bonds. The average Bonchev–Trinajstić information content (AvgIpc) is 3.03. The van der Waals surface area contributed by atoms with E-state index in [2.05, 4.69) is 5.32 Å². The first-order valence-corrected chi connectivity index (χ1v) is 8.06. The zero-order valence-corrected chi connectivity index (χ0v) is 13.8. The fourth-order valence-corrected chi connectivity index (χ4v) is 2.97. The Bertz CT molecular complexity index is 1070. The Morgan fingerprint density at radius 2 is 1.88 bits per heavy atom. The van der Waals surface area contributed by atoms with Crippen molar-refractivity contribution in [1.29, 1.82) is 0 Å². The fraction of sp³-hybridized carbons (Fsp3) is 0.0952. The molecule has 0 aliphatic rings. The minimum absolute atomic E-state index is 0.0826.